The third-order valence-corrected chi connectivity index (χ3v) is 11.1. The molecule has 6 aromatic rings. The molecule has 0 spiro atoms. The Morgan fingerprint density at radius 3 is 0.724 bits per heavy atom. The van der Waals surface area contributed by atoms with Gasteiger partial charge in [-0.1, -0.05) is 61.7 Å². The van der Waals surface area contributed by atoms with Crippen LogP contribution in [-0.2, 0) is 20.4 Å². The Labute approximate surface area is 413 Å². The fourth-order valence-corrected chi connectivity index (χ4v) is 7.52. The van der Waals surface area contributed by atoms with Crippen LogP contribution in [0.3, 0.4) is 0 Å². The molecule has 0 atom stereocenters. The first-order valence-corrected chi connectivity index (χ1v) is 20.6. The Kier molecular flexibility index (Phi) is 15.2. The molecule has 6 rings (SSSR count). The monoisotopic (exact) mass is 1100 g/mol. The fourth-order valence-electron chi connectivity index (χ4n) is 7.52. The lowest BCUT2D eigenvalue weighted by atomic mass is 9.73. The van der Waals surface area contributed by atoms with Gasteiger partial charge in [0.05, 0.1) is 11.1 Å². The van der Waals surface area contributed by atoms with Crippen molar-refractivity contribution in [1.29, 1.82) is 0 Å². The summed E-state index contributed by atoms with van der Waals surface area (Å²) in [6, 6.07) is 4.69. The van der Waals surface area contributed by atoms with Crippen molar-refractivity contribution in [3.05, 3.63) is 190 Å². The van der Waals surface area contributed by atoms with E-state index in [0.717, 1.165) is 0 Å². The first-order valence-electron chi connectivity index (χ1n) is 20.6. The molecule has 0 saturated carbocycles. The molecule has 0 unspecified atom stereocenters. The van der Waals surface area contributed by atoms with E-state index in [2.05, 4.69) is 22.6 Å². The summed E-state index contributed by atoms with van der Waals surface area (Å²) in [6.07, 6.45) is -24.9. The van der Waals surface area contributed by atoms with E-state index in [1.54, 1.807) is 0 Å². The Bertz CT molecular complexity index is 2940. The lowest BCUT2D eigenvalue weighted by Crippen LogP contribution is -2.54. The normalized spacial score (nSPS) is 12.6. The summed E-state index contributed by atoms with van der Waals surface area (Å²) in [5.74, 6) is -32.6. The zero-order valence-corrected chi connectivity index (χ0v) is 37.7. The average Bonchev–Trinajstić information content (AvgIpc) is 3.32. The van der Waals surface area contributed by atoms with Gasteiger partial charge in [-0.25, -0.2) is 27.2 Å². The first kappa shape index (κ1) is 57.2. The molecule has 6 nitrogen and oxygen atoms in total. The molecule has 0 saturated heterocycles. The van der Waals surface area contributed by atoms with Crippen molar-refractivity contribution in [2.24, 2.45) is 0 Å². The predicted molar refractivity (Wildman–Crippen MR) is 224 cm³/mol. The summed E-state index contributed by atoms with van der Waals surface area (Å²) >= 11 is 0. The Morgan fingerprint density at radius 1 is 0.342 bits per heavy atom. The second-order valence-electron chi connectivity index (χ2n) is 16.1. The fraction of sp³-hybridized carbons (Fsp3) is 0.160. The van der Waals surface area contributed by atoms with E-state index >= 15 is 35.1 Å². The maximum absolute atomic E-state index is 15.6. The Morgan fingerprint density at radius 2 is 0.539 bits per heavy atom. The van der Waals surface area contributed by atoms with Crippen LogP contribution in [0.25, 0.3) is 11.1 Å². The van der Waals surface area contributed by atoms with Crippen LogP contribution in [0.2, 0.25) is 0 Å². The summed E-state index contributed by atoms with van der Waals surface area (Å²) in [6.45, 7) is 8.90. The van der Waals surface area contributed by atoms with E-state index in [-0.39, 0.29) is 59.7 Å². The maximum Gasteiger partial charge on any atom is 0.411 e. The number of ether oxygens (including phenoxy) is 4. The largest absolute Gasteiger partial charge is 0.451 e. The number of rotatable bonds is 13. The lowest BCUT2D eigenvalue weighted by Gasteiger charge is -2.38. The molecular weight excluding hydrogens is 1080 g/mol. The standard InChI is InChI=1S/C50H26F20O6/c1-21(2)43(71)75-29-17-9-25(10-18-29)45(47(59,60)61,48(62,63)64)23-5-13-27(14-6-23)73-41-37(55)33(51)31(34(52)38(41)56)32-35(53)39(57)42(40(58)36(32)54)74-28-15-7-24(8-16-28)46(49(65,66)67,50(68,69)70)26-11-19-30(20-12-26)76-44(72)22(3)4/h5-20H,1,3H2,2,4H3. The second-order valence-corrected chi connectivity index (χ2v) is 16.1. The van der Waals surface area contributed by atoms with Gasteiger partial charge in [0.1, 0.15) is 23.0 Å². The number of hydrogen-bond acceptors (Lipinski definition) is 6. The zero-order valence-electron chi connectivity index (χ0n) is 37.7. The van der Waals surface area contributed by atoms with E-state index in [9.17, 15) is 62.3 Å². The van der Waals surface area contributed by atoms with Crippen LogP contribution >= 0.6 is 0 Å². The minimum absolute atomic E-state index is 0.0723. The molecule has 0 radical (unpaired) electrons. The van der Waals surface area contributed by atoms with Crippen molar-refractivity contribution in [3.63, 3.8) is 0 Å². The molecule has 0 N–H and O–H groups in total. The van der Waals surface area contributed by atoms with Gasteiger partial charge in [0.15, 0.2) is 23.3 Å². The number of hydrogen-bond donors (Lipinski definition) is 0. The molecule has 6 aromatic carbocycles. The van der Waals surface area contributed by atoms with Crippen molar-refractivity contribution < 1.29 is 116 Å². The number of benzene rings is 6. The van der Waals surface area contributed by atoms with Crippen LogP contribution in [0.5, 0.6) is 34.5 Å². The molecule has 26 heteroatoms. The van der Waals surface area contributed by atoms with Gasteiger partial charge >= 0.3 is 36.6 Å². The van der Waals surface area contributed by atoms with E-state index in [1.807, 2.05) is 0 Å². The van der Waals surface area contributed by atoms with Crippen LogP contribution in [-0.4, -0.2) is 36.6 Å². The molecule has 0 aromatic heterocycles. The Balaban J connectivity index is 1.34. The van der Waals surface area contributed by atoms with E-state index in [0.29, 0.717) is 48.5 Å². The molecule has 0 bridgehead atoms. The van der Waals surface area contributed by atoms with Crippen LogP contribution in [0.1, 0.15) is 36.1 Å². The molecular formula is C50H26F20O6. The smallest absolute Gasteiger partial charge is 0.411 e. The summed E-state index contributed by atoms with van der Waals surface area (Å²) < 4.78 is 319. The molecule has 0 aliphatic rings. The van der Waals surface area contributed by atoms with Crippen molar-refractivity contribution in [2.45, 2.75) is 49.4 Å². The first-order chi connectivity index (χ1) is 35.0. The minimum atomic E-state index is -6.24. The molecule has 402 valence electrons. The van der Waals surface area contributed by atoms with E-state index in [4.69, 9.17) is 9.47 Å². The highest BCUT2D eigenvalue weighted by Gasteiger charge is 2.73. The SMILES string of the molecule is C=C(C)C(=O)Oc1ccc(C(c2ccc(Oc3c(F)c(F)c(-c4c(F)c(F)c(Oc5ccc(C(c6ccc(OC(=O)C(=C)C)cc6)(C(F)(F)F)C(F)(F)F)cc5)c(F)c4F)c(F)c3F)cc2)(C(F)(F)F)C(F)(F)F)cc1. The Hall–Kier alpha value is -8.06. The van der Waals surface area contributed by atoms with Gasteiger partial charge in [-0.15, -0.1) is 0 Å². The van der Waals surface area contributed by atoms with Gasteiger partial charge in [0.2, 0.25) is 45.6 Å². The number of alkyl halides is 12. The number of halogens is 20. The van der Waals surface area contributed by atoms with Gasteiger partial charge in [-0.3, -0.25) is 0 Å². The van der Waals surface area contributed by atoms with Crippen LogP contribution in [0.4, 0.5) is 87.8 Å². The van der Waals surface area contributed by atoms with Crippen LogP contribution < -0.4 is 18.9 Å². The highest BCUT2D eigenvalue weighted by molar-refractivity contribution is 5.89. The van der Waals surface area contributed by atoms with Gasteiger partial charge in [0, 0.05) is 11.1 Å². The minimum Gasteiger partial charge on any atom is -0.451 e. The van der Waals surface area contributed by atoms with Crippen molar-refractivity contribution in [1.82, 2.24) is 0 Å². The highest BCUT2D eigenvalue weighted by Crippen LogP contribution is 2.58. The molecule has 76 heavy (non-hydrogen) atoms. The number of carbonyl (C=O) groups excluding carboxylic acids is 2. The molecule has 0 amide bonds. The third kappa shape index (κ3) is 9.86. The summed E-state index contributed by atoms with van der Waals surface area (Å²) in [4.78, 5) is 23.6. The number of esters is 2. The predicted octanol–water partition coefficient (Wildman–Crippen LogP) is 15.8. The van der Waals surface area contributed by atoms with Crippen molar-refractivity contribution in [3.8, 4) is 45.6 Å². The molecule has 0 fully saturated rings. The number of carbonyl (C=O) groups is 2. The summed E-state index contributed by atoms with van der Waals surface area (Å²) in [5, 5.41) is 0. The van der Waals surface area contributed by atoms with Crippen molar-refractivity contribution >= 4 is 11.9 Å². The average molecular weight is 1100 g/mol. The van der Waals surface area contributed by atoms with Gasteiger partial charge in [0.25, 0.3) is 0 Å². The topological polar surface area (TPSA) is 71.1 Å². The summed E-state index contributed by atoms with van der Waals surface area (Å²) in [5.41, 5.74) is -21.6. The summed E-state index contributed by atoms with van der Waals surface area (Å²) in [7, 11) is 0. The van der Waals surface area contributed by atoms with E-state index < -0.39 is 162 Å². The second kappa shape index (κ2) is 20.2. The lowest BCUT2D eigenvalue weighted by molar-refractivity contribution is -0.290. The molecule has 0 aliphatic heterocycles. The zero-order chi connectivity index (χ0) is 57.0. The van der Waals surface area contributed by atoms with Gasteiger partial charge in [-0.05, 0) is 84.6 Å². The molecule has 0 aliphatic carbocycles. The van der Waals surface area contributed by atoms with Crippen LogP contribution in [0, 0.1) is 46.5 Å². The maximum atomic E-state index is 15.6. The molecule has 0 heterocycles. The van der Waals surface area contributed by atoms with E-state index in [1.165, 1.54) is 13.8 Å². The quantitative estimate of drug-likeness (QED) is 0.0377. The van der Waals surface area contributed by atoms with Crippen LogP contribution in [0.15, 0.2) is 121 Å². The highest BCUT2D eigenvalue weighted by atomic mass is 19.4. The van der Waals surface area contributed by atoms with Gasteiger partial charge in [-0.2, -0.15) is 70.2 Å². The van der Waals surface area contributed by atoms with Gasteiger partial charge < -0.3 is 18.9 Å². The van der Waals surface area contributed by atoms with Crippen molar-refractivity contribution in [2.75, 3.05) is 0 Å². The third-order valence-electron chi connectivity index (χ3n) is 11.1.